The summed E-state index contributed by atoms with van der Waals surface area (Å²) in [5.41, 5.74) is 0. The fourth-order valence-electron chi connectivity index (χ4n) is 2.45. The van der Waals surface area contributed by atoms with Crippen LogP contribution in [-0.2, 0) is 4.79 Å². The van der Waals surface area contributed by atoms with Crippen LogP contribution in [-0.4, -0.2) is 29.7 Å². The van der Waals surface area contributed by atoms with Crippen molar-refractivity contribution in [1.29, 1.82) is 0 Å². The third-order valence-electron chi connectivity index (χ3n) is 3.61. The summed E-state index contributed by atoms with van der Waals surface area (Å²) >= 11 is 0. The first-order valence-electron chi connectivity index (χ1n) is 7.26. The molecule has 2 atom stereocenters. The minimum atomic E-state index is -0.751. The molecule has 5 nitrogen and oxygen atoms in total. The molecular weight excluding hydrogens is 244 g/mol. The van der Waals surface area contributed by atoms with Crippen LogP contribution < -0.4 is 10.6 Å². The van der Waals surface area contributed by atoms with E-state index in [-0.39, 0.29) is 18.0 Å². The second-order valence-corrected chi connectivity index (χ2v) is 5.84. The Balaban J connectivity index is 2.07. The molecule has 1 aliphatic carbocycles. The molecule has 0 bridgehead atoms. The number of hydrogen-bond acceptors (Lipinski definition) is 2. The zero-order chi connectivity index (χ0) is 14.3. The van der Waals surface area contributed by atoms with Gasteiger partial charge < -0.3 is 15.7 Å². The SMILES string of the molecule is CC(C)CCCCNC(=O)N[C@H]1CC[C@@H](C(=O)O)C1. The minimum Gasteiger partial charge on any atom is -0.481 e. The van der Waals surface area contributed by atoms with Crippen molar-refractivity contribution in [3.05, 3.63) is 0 Å². The van der Waals surface area contributed by atoms with E-state index in [0.29, 0.717) is 25.3 Å². The van der Waals surface area contributed by atoms with Gasteiger partial charge in [0.05, 0.1) is 5.92 Å². The molecule has 1 fully saturated rings. The van der Waals surface area contributed by atoms with E-state index in [1.54, 1.807) is 0 Å². The van der Waals surface area contributed by atoms with Crippen molar-refractivity contribution < 1.29 is 14.7 Å². The lowest BCUT2D eigenvalue weighted by Gasteiger charge is -2.13. The van der Waals surface area contributed by atoms with Gasteiger partial charge in [-0.1, -0.05) is 26.7 Å². The summed E-state index contributed by atoms with van der Waals surface area (Å²) < 4.78 is 0. The lowest BCUT2D eigenvalue weighted by atomic mass is 10.1. The Morgan fingerprint density at radius 3 is 2.58 bits per heavy atom. The van der Waals surface area contributed by atoms with Crippen LogP contribution in [0.3, 0.4) is 0 Å². The van der Waals surface area contributed by atoms with Crippen molar-refractivity contribution in [1.82, 2.24) is 10.6 Å². The van der Waals surface area contributed by atoms with E-state index >= 15 is 0 Å². The molecule has 1 rings (SSSR count). The lowest BCUT2D eigenvalue weighted by molar-refractivity contribution is -0.141. The predicted octanol–water partition coefficient (Wildman–Crippen LogP) is 2.37. The number of rotatable bonds is 7. The molecule has 0 saturated heterocycles. The van der Waals surface area contributed by atoms with Gasteiger partial charge in [-0.2, -0.15) is 0 Å². The molecule has 0 aliphatic heterocycles. The highest BCUT2D eigenvalue weighted by Crippen LogP contribution is 2.25. The van der Waals surface area contributed by atoms with Crippen LogP contribution in [0.25, 0.3) is 0 Å². The maximum Gasteiger partial charge on any atom is 0.315 e. The van der Waals surface area contributed by atoms with Crippen molar-refractivity contribution in [2.45, 2.75) is 58.4 Å². The van der Waals surface area contributed by atoms with E-state index in [1.165, 1.54) is 6.42 Å². The minimum absolute atomic E-state index is 0.0109. The van der Waals surface area contributed by atoms with E-state index in [1.807, 2.05) is 0 Å². The van der Waals surface area contributed by atoms with Crippen LogP contribution in [0, 0.1) is 11.8 Å². The molecule has 0 spiro atoms. The third-order valence-corrected chi connectivity index (χ3v) is 3.61. The summed E-state index contributed by atoms with van der Waals surface area (Å²) in [5, 5.41) is 14.6. The molecule has 1 saturated carbocycles. The molecule has 5 heteroatoms. The molecule has 1 aliphatic rings. The normalized spacial score (nSPS) is 22.5. The first-order chi connectivity index (χ1) is 8.99. The summed E-state index contributed by atoms with van der Waals surface area (Å²) in [5.74, 6) is -0.338. The average Bonchev–Trinajstić information content (AvgIpc) is 2.76. The van der Waals surface area contributed by atoms with Gasteiger partial charge in [-0.15, -0.1) is 0 Å². The number of carbonyl (C=O) groups is 2. The highest BCUT2D eigenvalue weighted by Gasteiger charge is 2.30. The zero-order valence-corrected chi connectivity index (χ0v) is 11.9. The molecule has 0 aromatic heterocycles. The van der Waals surface area contributed by atoms with Crippen LogP contribution in [0.5, 0.6) is 0 Å². The van der Waals surface area contributed by atoms with Gasteiger partial charge in [0.1, 0.15) is 0 Å². The number of carbonyl (C=O) groups excluding carboxylic acids is 1. The Hall–Kier alpha value is -1.26. The maximum atomic E-state index is 11.6. The van der Waals surface area contributed by atoms with Crippen molar-refractivity contribution in [2.75, 3.05) is 6.54 Å². The average molecular weight is 270 g/mol. The number of nitrogens with one attached hydrogen (secondary N) is 2. The Labute approximate surface area is 115 Å². The number of carboxylic acid groups (broad SMARTS) is 1. The summed E-state index contributed by atoms with van der Waals surface area (Å²) in [6.07, 6.45) is 5.28. The molecule has 0 unspecified atom stereocenters. The van der Waals surface area contributed by atoms with Gasteiger partial charge in [0.2, 0.25) is 0 Å². The lowest BCUT2D eigenvalue weighted by Crippen LogP contribution is -2.41. The van der Waals surface area contributed by atoms with Crippen molar-refractivity contribution in [3.63, 3.8) is 0 Å². The molecule has 2 amide bonds. The summed E-state index contributed by atoms with van der Waals surface area (Å²) in [4.78, 5) is 22.4. The Kier molecular flexibility index (Phi) is 6.67. The second-order valence-electron chi connectivity index (χ2n) is 5.84. The van der Waals surface area contributed by atoms with Crippen LogP contribution in [0.2, 0.25) is 0 Å². The van der Waals surface area contributed by atoms with Crippen molar-refractivity contribution in [2.24, 2.45) is 11.8 Å². The molecule has 0 heterocycles. The van der Waals surface area contributed by atoms with Gasteiger partial charge in [0.15, 0.2) is 0 Å². The third kappa shape index (κ3) is 6.45. The number of hydrogen-bond donors (Lipinski definition) is 3. The van der Waals surface area contributed by atoms with E-state index < -0.39 is 5.97 Å². The standard InChI is InChI=1S/C14H26N2O3/c1-10(2)5-3-4-8-15-14(19)16-12-7-6-11(9-12)13(17)18/h10-12H,3-9H2,1-2H3,(H,17,18)(H2,15,16,19)/t11-,12+/m1/s1. The number of carboxylic acids is 1. The van der Waals surface area contributed by atoms with Crippen molar-refractivity contribution >= 4 is 12.0 Å². The van der Waals surface area contributed by atoms with Gasteiger partial charge in [-0.3, -0.25) is 4.79 Å². The predicted molar refractivity (Wildman–Crippen MR) is 74.0 cm³/mol. The first kappa shape index (κ1) is 15.8. The number of urea groups is 1. The van der Waals surface area contributed by atoms with E-state index in [0.717, 1.165) is 19.3 Å². The summed E-state index contributed by atoms with van der Waals surface area (Å²) in [6, 6.07) is -0.155. The largest absolute Gasteiger partial charge is 0.481 e. The number of amides is 2. The zero-order valence-electron chi connectivity index (χ0n) is 11.9. The highest BCUT2D eigenvalue weighted by atomic mass is 16.4. The fraction of sp³-hybridized carbons (Fsp3) is 0.857. The second kappa shape index (κ2) is 8.02. The molecule has 0 aromatic rings. The van der Waals surface area contributed by atoms with Gasteiger partial charge >= 0.3 is 12.0 Å². The smallest absolute Gasteiger partial charge is 0.315 e. The van der Waals surface area contributed by atoms with E-state index in [4.69, 9.17) is 5.11 Å². The topological polar surface area (TPSA) is 78.4 Å². The molecule has 110 valence electrons. The molecule has 19 heavy (non-hydrogen) atoms. The number of aliphatic carboxylic acids is 1. The van der Waals surface area contributed by atoms with Crippen LogP contribution in [0.1, 0.15) is 52.4 Å². The van der Waals surface area contributed by atoms with Crippen LogP contribution in [0.4, 0.5) is 4.79 Å². The fourth-order valence-corrected chi connectivity index (χ4v) is 2.45. The molecule has 0 radical (unpaired) electrons. The maximum absolute atomic E-state index is 11.6. The quantitative estimate of drug-likeness (QED) is 0.621. The Morgan fingerprint density at radius 1 is 1.26 bits per heavy atom. The highest BCUT2D eigenvalue weighted by molar-refractivity contribution is 5.75. The monoisotopic (exact) mass is 270 g/mol. The summed E-state index contributed by atoms with van der Waals surface area (Å²) in [6.45, 7) is 5.08. The first-order valence-corrected chi connectivity index (χ1v) is 7.26. The molecular formula is C14H26N2O3. The van der Waals surface area contributed by atoms with Crippen molar-refractivity contribution in [3.8, 4) is 0 Å². The van der Waals surface area contributed by atoms with Crippen LogP contribution >= 0.6 is 0 Å². The number of unbranched alkanes of at least 4 members (excludes halogenated alkanes) is 1. The van der Waals surface area contributed by atoms with Gasteiger partial charge in [-0.05, 0) is 31.6 Å². The van der Waals surface area contributed by atoms with E-state index in [2.05, 4.69) is 24.5 Å². The molecule has 0 aromatic carbocycles. The van der Waals surface area contributed by atoms with Gasteiger partial charge in [0, 0.05) is 12.6 Å². The summed E-state index contributed by atoms with van der Waals surface area (Å²) in [7, 11) is 0. The Morgan fingerprint density at radius 2 is 2.00 bits per heavy atom. The van der Waals surface area contributed by atoms with E-state index in [9.17, 15) is 9.59 Å². The van der Waals surface area contributed by atoms with Crippen LogP contribution in [0.15, 0.2) is 0 Å². The Bertz CT molecular complexity index is 305. The van der Waals surface area contributed by atoms with Gasteiger partial charge in [-0.25, -0.2) is 4.79 Å². The molecule has 3 N–H and O–H groups in total. The van der Waals surface area contributed by atoms with Gasteiger partial charge in [0.25, 0.3) is 0 Å².